The first-order chi connectivity index (χ1) is 13.6. The van der Waals surface area contributed by atoms with Gasteiger partial charge in [-0.3, -0.25) is 0 Å². The molecule has 0 fully saturated rings. The Morgan fingerprint density at radius 1 is 0.536 bits per heavy atom. The van der Waals surface area contributed by atoms with Crippen molar-refractivity contribution >= 4 is 6.16 Å². The smallest absolute Gasteiger partial charge is 0.0753 e. The van der Waals surface area contributed by atoms with E-state index in [1.165, 1.54) is 116 Å². The maximum atomic E-state index is 8.33. The molecule has 5 nitrogen and oxygen atoms in total. The Balaban J connectivity index is -0.000000375. The molecule has 0 aliphatic rings. The van der Waals surface area contributed by atoms with Gasteiger partial charge in [0, 0.05) is 0 Å². The van der Waals surface area contributed by atoms with Gasteiger partial charge in [0.15, 0.2) is 0 Å². The molecule has 0 aliphatic carbocycles. The number of quaternary nitrogens is 2. The number of rotatable bonds is 18. The lowest BCUT2D eigenvalue weighted by Gasteiger charge is -1.99. The van der Waals surface area contributed by atoms with E-state index >= 15 is 0 Å². The number of unbranched alkanes of at least 4 members (excludes halogenated alkanes) is 14. The van der Waals surface area contributed by atoms with E-state index in [1.807, 2.05) is 0 Å². The van der Waals surface area contributed by atoms with E-state index in [-0.39, 0.29) is 0 Å². The maximum absolute atomic E-state index is 8.33. The summed E-state index contributed by atoms with van der Waals surface area (Å²) >= 11 is 0. The van der Waals surface area contributed by atoms with Crippen molar-refractivity contribution < 1.29 is 25.6 Å². The number of carbonyl (C=O) groups is 1. The predicted molar refractivity (Wildman–Crippen MR) is 116 cm³/mol. The van der Waals surface area contributed by atoms with Crippen LogP contribution in [0.4, 0.5) is 4.79 Å². The molecular formula is C23H52N2O3. The van der Waals surface area contributed by atoms with Crippen molar-refractivity contribution in [2.75, 3.05) is 27.2 Å². The normalized spacial score (nSPS) is 9.86. The van der Waals surface area contributed by atoms with Gasteiger partial charge in [-0.1, -0.05) is 90.9 Å². The van der Waals surface area contributed by atoms with Crippen LogP contribution in [0.25, 0.3) is 0 Å². The second-order valence-electron chi connectivity index (χ2n) is 7.59. The lowest BCUT2D eigenvalue weighted by Crippen LogP contribution is -2.79. The van der Waals surface area contributed by atoms with E-state index in [0.29, 0.717) is 0 Å². The minimum Gasteiger partial charge on any atom is -0.652 e. The summed E-state index contributed by atoms with van der Waals surface area (Å²) in [5, 5.41) is 21.2. The van der Waals surface area contributed by atoms with E-state index in [9.17, 15) is 0 Å². The molecule has 0 saturated heterocycles. The molecule has 28 heavy (non-hydrogen) atoms. The van der Waals surface area contributed by atoms with Crippen molar-refractivity contribution in [2.45, 2.75) is 117 Å². The summed E-state index contributed by atoms with van der Waals surface area (Å²) in [6.45, 7) is 7.18. The third kappa shape index (κ3) is 49.9. The van der Waals surface area contributed by atoms with Gasteiger partial charge in [-0.15, -0.1) is 0 Å². The van der Waals surface area contributed by atoms with Gasteiger partial charge >= 0.3 is 0 Å². The summed E-state index contributed by atoms with van der Waals surface area (Å²) in [5.41, 5.74) is 0. The zero-order valence-corrected chi connectivity index (χ0v) is 19.6. The molecule has 0 amide bonds. The Morgan fingerprint density at radius 3 is 0.964 bits per heavy atom. The summed E-state index contributed by atoms with van der Waals surface area (Å²) in [5.74, 6) is 0. The summed E-state index contributed by atoms with van der Waals surface area (Å²) in [7, 11) is 4.31. The number of hydrogen-bond donors (Lipinski definition) is 2. The van der Waals surface area contributed by atoms with Crippen molar-refractivity contribution in [1.82, 2.24) is 0 Å². The van der Waals surface area contributed by atoms with Gasteiger partial charge < -0.3 is 25.6 Å². The van der Waals surface area contributed by atoms with Crippen LogP contribution >= 0.6 is 0 Å². The number of nitrogens with two attached hydrogens (primary N) is 2. The summed E-state index contributed by atoms with van der Waals surface area (Å²) < 4.78 is 0. The van der Waals surface area contributed by atoms with E-state index in [1.54, 1.807) is 0 Å². The first kappa shape index (κ1) is 31.9. The fourth-order valence-electron chi connectivity index (χ4n) is 2.96. The highest BCUT2D eigenvalue weighted by Gasteiger charge is 1.91. The quantitative estimate of drug-likeness (QED) is 0.343. The van der Waals surface area contributed by atoms with Crippen molar-refractivity contribution in [3.05, 3.63) is 0 Å². The molecule has 0 saturated carbocycles. The molecule has 0 spiro atoms. The Morgan fingerprint density at radius 2 is 0.750 bits per heavy atom. The van der Waals surface area contributed by atoms with Crippen LogP contribution in [0.3, 0.4) is 0 Å². The molecule has 0 aromatic rings. The standard InChI is InChI=1S/2C11H25N.CH2O3/c2*1-3-4-5-6-7-8-9-10-11-12-2;2-1(3)4/h2*12H,3-11H2,1-2H3;(H2,2,3,4). The lowest BCUT2D eigenvalue weighted by molar-refractivity contribution is -0.627. The molecule has 0 aliphatic heterocycles. The molecule has 0 aromatic carbocycles. The molecule has 0 rings (SSSR count). The van der Waals surface area contributed by atoms with Crippen LogP contribution in [-0.4, -0.2) is 33.3 Å². The van der Waals surface area contributed by atoms with Crippen LogP contribution in [0.2, 0.25) is 0 Å². The molecule has 4 N–H and O–H groups in total. The van der Waals surface area contributed by atoms with Crippen molar-refractivity contribution in [3.63, 3.8) is 0 Å². The third-order valence-electron chi connectivity index (χ3n) is 4.69. The van der Waals surface area contributed by atoms with Gasteiger partial charge in [0.05, 0.1) is 27.2 Å². The first-order valence-electron chi connectivity index (χ1n) is 12.0. The zero-order valence-electron chi connectivity index (χ0n) is 19.6. The predicted octanol–water partition coefficient (Wildman–Crippen LogP) is 2.19. The van der Waals surface area contributed by atoms with Crippen LogP contribution in [0, 0.1) is 0 Å². The van der Waals surface area contributed by atoms with Gasteiger partial charge in [0.2, 0.25) is 0 Å². The van der Waals surface area contributed by atoms with Gasteiger partial charge in [-0.05, 0) is 31.8 Å². The molecular weight excluding hydrogens is 352 g/mol. The van der Waals surface area contributed by atoms with E-state index in [4.69, 9.17) is 15.0 Å². The molecule has 0 radical (unpaired) electrons. The summed E-state index contributed by atoms with van der Waals surface area (Å²) in [6.07, 6.45) is 20.6. The summed E-state index contributed by atoms with van der Waals surface area (Å²) in [4.78, 5) is 8.33. The highest BCUT2D eigenvalue weighted by molar-refractivity contribution is 5.47. The Bertz CT molecular complexity index is 220. The van der Waals surface area contributed by atoms with Crippen LogP contribution in [0.5, 0.6) is 0 Å². The van der Waals surface area contributed by atoms with Gasteiger partial charge in [-0.2, -0.15) is 0 Å². The summed E-state index contributed by atoms with van der Waals surface area (Å²) in [6, 6.07) is 0. The Hall–Kier alpha value is -0.810. The van der Waals surface area contributed by atoms with Crippen molar-refractivity contribution in [2.24, 2.45) is 0 Å². The van der Waals surface area contributed by atoms with Gasteiger partial charge in [0.25, 0.3) is 0 Å². The maximum Gasteiger partial charge on any atom is 0.0753 e. The number of carboxylic acid groups (broad SMARTS) is 2. The molecule has 0 atom stereocenters. The average Bonchev–Trinajstić information content (AvgIpc) is 2.66. The highest BCUT2D eigenvalue weighted by Crippen LogP contribution is 2.08. The Kier molecular flexibility index (Phi) is 38.4. The fraction of sp³-hybridized carbons (Fsp3) is 0.957. The largest absolute Gasteiger partial charge is 0.652 e. The molecule has 0 bridgehead atoms. The van der Waals surface area contributed by atoms with Crippen LogP contribution in [0.15, 0.2) is 0 Å². The topological polar surface area (TPSA) is 96.4 Å². The van der Waals surface area contributed by atoms with Gasteiger partial charge in [0.1, 0.15) is 0 Å². The second kappa shape index (κ2) is 33.8. The molecule has 172 valence electrons. The van der Waals surface area contributed by atoms with Crippen LogP contribution in [0.1, 0.15) is 117 Å². The van der Waals surface area contributed by atoms with E-state index in [0.717, 1.165) is 0 Å². The van der Waals surface area contributed by atoms with E-state index in [2.05, 4.69) is 38.6 Å². The van der Waals surface area contributed by atoms with Crippen molar-refractivity contribution in [3.8, 4) is 0 Å². The minimum atomic E-state index is -2.33. The van der Waals surface area contributed by atoms with Gasteiger partial charge in [-0.25, -0.2) is 0 Å². The second-order valence-corrected chi connectivity index (χ2v) is 7.59. The molecule has 5 heteroatoms. The number of hydrogen-bond acceptors (Lipinski definition) is 3. The monoisotopic (exact) mass is 404 g/mol. The molecule has 0 aromatic heterocycles. The van der Waals surface area contributed by atoms with Crippen molar-refractivity contribution in [1.29, 1.82) is 0 Å². The van der Waals surface area contributed by atoms with E-state index < -0.39 is 6.16 Å². The Labute approximate surface area is 176 Å². The van der Waals surface area contributed by atoms with Crippen LogP contribution < -0.4 is 20.8 Å². The molecule has 0 heterocycles. The third-order valence-corrected chi connectivity index (χ3v) is 4.69. The highest BCUT2D eigenvalue weighted by atomic mass is 16.6. The number of carbonyl (C=O) groups excluding carboxylic acids is 1. The molecule has 0 unspecified atom stereocenters. The first-order valence-corrected chi connectivity index (χ1v) is 12.0. The SMILES string of the molecule is CCCCCCCCCC[NH2+]C.CCCCCCCCCC[NH2+]C.O=C([O-])[O-]. The minimum absolute atomic E-state index is 1.31. The fourth-order valence-corrected chi connectivity index (χ4v) is 2.96. The van der Waals surface area contributed by atoms with Crippen LogP contribution in [-0.2, 0) is 0 Å². The zero-order chi connectivity index (χ0) is 21.7. The average molecular weight is 405 g/mol. The lowest BCUT2D eigenvalue weighted by atomic mass is 10.1.